The Morgan fingerprint density at radius 2 is 1.25 bits per heavy atom. The van der Waals surface area contributed by atoms with E-state index in [9.17, 15) is 0 Å². The van der Waals surface area contributed by atoms with Gasteiger partial charge in [0.25, 0.3) is 0 Å². The second kappa shape index (κ2) is 17.0. The molecule has 0 amide bonds. The molecule has 0 saturated carbocycles. The van der Waals surface area contributed by atoms with E-state index in [-0.39, 0.29) is 0 Å². The van der Waals surface area contributed by atoms with Crippen LogP contribution in [-0.2, 0) is 0 Å². The van der Waals surface area contributed by atoms with Crippen LogP contribution in [0.4, 0.5) is 0 Å². The van der Waals surface area contributed by atoms with Crippen LogP contribution in [0.1, 0.15) is 61.3 Å². The van der Waals surface area contributed by atoms with Crippen molar-refractivity contribution >= 4 is 5.71 Å². The topological polar surface area (TPSA) is 23.9 Å². The summed E-state index contributed by atoms with van der Waals surface area (Å²) in [7, 11) is 0. The quantitative estimate of drug-likeness (QED) is 0.594. The van der Waals surface area contributed by atoms with Crippen molar-refractivity contribution in [1.29, 1.82) is 5.41 Å². The first kappa shape index (κ1) is 17.7. The number of rotatable bonds is 2. The first-order valence-corrected chi connectivity index (χ1v) is 5.11. The third-order valence-corrected chi connectivity index (χ3v) is 1.37. The van der Waals surface area contributed by atoms with Gasteiger partial charge < -0.3 is 5.41 Å². The molecule has 0 unspecified atom stereocenters. The van der Waals surface area contributed by atoms with Crippen molar-refractivity contribution in [3.8, 4) is 0 Å². The van der Waals surface area contributed by atoms with E-state index in [1.807, 2.05) is 34.6 Å². The lowest BCUT2D eigenvalue weighted by Gasteiger charge is -1.95. The standard InChI is InChI=1S/C5H11N.C4H10.C2H6/c1-4(2)5(3)6;1-3-4-2;1-2/h4,6H,1-3H3;3-4H2,1-2H3;1-2H3. The summed E-state index contributed by atoms with van der Waals surface area (Å²) in [5.74, 6) is 0.435. The normalized spacial score (nSPS) is 7.67. The van der Waals surface area contributed by atoms with Gasteiger partial charge in [0.05, 0.1) is 0 Å². The van der Waals surface area contributed by atoms with Gasteiger partial charge in [-0.2, -0.15) is 0 Å². The predicted molar refractivity (Wildman–Crippen MR) is 60.2 cm³/mol. The molecule has 0 aliphatic heterocycles. The average Bonchev–Trinajstić information content (AvgIpc) is 2.08. The smallest absolute Gasteiger partial charge is 0.00836 e. The third kappa shape index (κ3) is 33.3. The highest BCUT2D eigenvalue weighted by Crippen LogP contribution is 1.90. The summed E-state index contributed by atoms with van der Waals surface area (Å²) in [6.07, 6.45) is 2.64. The molecule has 1 nitrogen and oxygen atoms in total. The largest absolute Gasteiger partial charge is 0.310 e. The monoisotopic (exact) mass is 173 g/mol. The van der Waals surface area contributed by atoms with Gasteiger partial charge in [-0.1, -0.05) is 54.4 Å². The van der Waals surface area contributed by atoms with E-state index < -0.39 is 0 Å². The van der Waals surface area contributed by atoms with Gasteiger partial charge in [0, 0.05) is 5.71 Å². The minimum Gasteiger partial charge on any atom is -0.310 e. The summed E-state index contributed by atoms with van der Waals surface area (Å²) < 4.78 is 0. The van der Waals surface area contributed by atoms with Gasteiger partial charge in [0.2, 0.25) is 0 Å². The molecule has 12 heavy (non-hydrogen) atoms. The van der Waals surface area contributed by atoms with Crippen molar-refractivity contribution in [2.75, 3.05) is 0 Å². The first-order chi connectivity index (χ1) is 5.56. The van der Waals surface area contributed by atoms with Crippen LogP contribution in [0.3, 0.4) is 0 Å². The minimum atomic E-state index is 0.435. The van der Waals surface area contributed by atoms with Crippen molar-refractivity contribution in [3.05, 3.63) is 0 Å². The molecular weight excluding hydrogens is 146 g/mol. The Morgan fingerprint density at radius 1 is 1.08 bits per heavy atom. The highest BCUT2D eigenvalue weighted by molar-refractivity contribution is 5.80. The second-order valence-electron chi connectivity index (χ2n) is 2.84. The summed E-state index contributed by atoms with van der Waals surface area (Å²) in [6.45, 7) is 14.2. The highest BCUT2D eigenvalue weighted by atomic mass is 14.4. The maximum absolute atomic E-state index is 6.95. The fourth-order valence-electron chi connectivity index (χ4n) is 0. The Hall–Kier alpha value is -0.330. The van der Waals surface area contributed by atoms with Crippen LogP contribution < -0.4 is 0 Å². The summed E-state index contributed by atoms with van der Waals surface area (Å²) in [5.41, 5.74) is 0.759. The molecule has 0 heterocycles. The lowest BCUT2D eigenvalue weighted by atomic mass is 10.1. The minimum absolute atomic E-state index is 0.435. The molecule has 0 spiro atoms. The van der Waals surface area contributed by atoms with Crippen LogP contribution in [-0.4, -0.2) is 5.71 Å². The van der Waals surface area contributed by atoms with Crippen LogP contribution in [0, 0.1) is 11.3 Å². The van der Waals surface area contributed by atoms with Gasteiger partial charge in [0.1, 0.15) is 0 Å². The molecule has 0 aliphatic carbocycles. The Balaban J connectivity index is -0.000000118. The van der Waals surface area contributed by atoms with Crippen LogP contribution in [0.15, 0.2) is 0 Å². The van der Waals surface area contributed by atoms with E-state index in [0.29, 0.717) is 5.92 Å². The third-order valence-electron chi connectivity index (χ3n) is 1.37. The lowest BCUT2D eigenvalue weighted by molar-refractivity contribution is 0.871. The summed E-state index contributed by atoms with van der Waals surface area (Å²) in [5, 5.41) is 6.95. The molecule has 0 aliphatic rings. The summed E-state index contributed by atoms with van der Waals surface area (Å²) in [6, 6.07) is 0. The Morgan fingerprint density at radius 3 is 1.25 bits per heavy atom. The fraction of sp³-hybridized carbons (Fsp3) is 0.909. The van der Waals surface area contributed by atoms with Crippen LogP contribution in [0.25, 0.3) is 0 Å². The molecule has 0 bridgehead atoms. The van der Waals surface area contributed by atoms with Gasteiger partial charge in [-0.3, -0.25) is 0 Å². The van der Waals surface area contributed by atoms with Crippen molar-refractivity contribution < 1.29 is 0 Å². The number of nitrogens with one attached hydrogen (secondary N) is 1. The molecule has 1 heteroatoms. The Bertz CT molecular complexity index is 73.1. The van der Waals surface area contributed by atoms with Gasteiger partial charge in [0.15, 0.2) is 0 Å². The Labute approximate surface area is 79.1 Å². The van der Waals surface area contributed by atoms with Crippen molar-refractivity contribution in [2.45, 2.75) is 61.3 Å². The second-order valence-corrected chi connectivity index (χ2v) is 2.84. The van der Waals surface area contributed by atoms with Crippen LogP contribution >= 0.6 is 0 Å². The van der Waals surface area contributed by atoms with E-state index in [1.165, 1.54) is 12.8 Å². The molecule has 0 aromatic heterocycles. The molecule has 0 atom stereocenters. The molecule has 0 aromatic rings. The van der Waals surface area contributed by atoms with Crippen molar-refractivity contribution in [3.63, 3.8) is 0 Å². The van der Waals surface area contributed by atoms with Crippen LogP contribution in [0.5, 0.6) is 0 Å². The molecule has 1 N–H and O–H groups in total. The molecule has 0 rings (SSSR count). The van der Waals surface area contributed by atoms with Gasteiger partial charge in [-0.15, -0.1) is 0 Å². The van der Waals surface area contributed by atoms with Crippen molar-refractivity contribution in [1.82, 2.24) is 0 Å². The molecule has 0 radical (unpaired) electrons. The van der Waals surface area contributed by atoms with Crippen molar-refractivity contribution in [2.24, 2.45) is 5.92 Å². The zero-order valence-electron chi connectivity index (χ0n) is 9.99. The zero-order valence-corrected chi connectivity index (χ0v) is 9.99. The lowest BCUT2D eigenvalue weighted by Crippen LogP contribution is -1.97. The average molecular weight is 173 g/mol. The van der Waals surface area contributed by atoms with E-state index in [2.05, 4.69) is 13.8 Å². The number of hydrogen-bond donors (Lipinski definition) is 1. The molecule has 76 valence electrons. The van der Waals surface area contributed by atoms with Gasteiger partial charge in [-0.25, -0.2) is 0 Å². The molecular formula is C11H27N. The highest BCUT2D eigenvalue weighted by Gasteiger charge is 1.90. The predicted octanol–water partition coefficient (Wildman–Crippen LogP) is 4.51. The SMILES string of the molecule is CC.CC(=N)C(C)C.CCCC. The summed E-state index contributed by atoms with van der Waals surface area (Å²) in [4.78, 5) is 0. The maximum Gasteiger partial charge on any atom is 0.00836 e. The first-order valence-electron chi connectivity index (χ1n) is 5.11. The molecule has 0 saturated heterocycles. The van der Waals surface area contributed by atoms with Gasteiger partial charge in [-0.05, 0) is 12.8 Å². The molecule has 0 fully saturated rings. The maximum atomic E-state index is 6.95. The van der Waals surface area contributed by atoms with Crippen LogP contribution in [0.2, 0.25) is 0 Å². The number of hydrogen-bond acceptors (Lipinski definition) is 1. The van der Waals surface area contributed by atoms with E-state index in [0.717, 1.165) is 5.71 Å². The Kier molecular flexibility index (Phi) is 25.0. The van der Waals surface area contributed by atoms with E-state index >= 15 is 0 Å². The summed E-state index contributed by atoms with van der Waals surface area (Å²) >= 11 is 0. The molecule has 0 aromatic carbocycles. The van der Waals surface area contributed by atoms with Gasteiger partial charge >= 0.3 is 0 Å². The zero-order chi connectivity index (χ0) is 10.6. The van der Waals surface area contributed by atoms with E-state index in [1.54, 1.807) is 0 Å². The van der Waals surface area contributed by atoms with E-state index in [4.69, 9.17) is 5.41 Å². The number of unbranched alkanes of at least 4 members (excludes halogenated alkanes) is 1. The fourth-order valence-corrected chi connectivity index (χ4v) is 0.